The van der Waals surface area contributed by atoms with Gasteiger partial charge in [0, 0.05) is 7.05 Å². The molecule has 0 saturated heterocycles. The van der Waals surface area contributed by atoms with Crippen LogP contribution >= 0.6 is 0 Å². The first-order valence-corrected chi connectivity index (χ1v) is 26.4. The van der Waals surface area contributed by atoms with Crippen LogP contribution in [-0.4, -0.2) is 80.2 Å². The zero-order chi connectivity index (χ0) is 57.0. The molecular formula is C64H63NO15. The third kappa shape index (κ3) is 15.8. The molecule has 0 spiro atoms. The summed E-state index contributed by atoms with van der Waals surface area (Å²) in [6, 6.07) is 40.9. The van der Waals surface area contributed by atoms with Crippen LogP contribution in [0.3, 0.4) is 0 Å². The highest BCUT2D eigenvalue weighted by Gasteiger charge is 2.33. The van der Waals surface area contributed by atoms with Crippen molar-refractivity contribution in [2.75, 3.05) is 33.5 Å². The van der Waals surface area contributed by atoms with E-state index in [4.69, 9.17) is 42.6 Å². The highest BCUT2D eigenvalue weighted by atomic mass is 16.6. The summed E-state index contributed by atoms with van der Waals surface area (Å²) in [6.45, 7) is 11.5. The molecule has 0 N–H and O–H groups in total. The van der Waals surface area contributed by atoms with E-state index < -0.39 is 47.9 Å². The lowest BCUT2D eigenvalue weighted by Crippen LogP contribution is -2.40. The molecule has 0 radical (unpaired) electrons. The number of esters is 5. The Labute approximate surface area is 465 Å². The fourth-order valence-electron chi connectivity index (χ4n) is 7.77. The normalized spacial score (nSPS) is 11.5. The van der Waals surface area contributed by atoms with Crippen molar-refractivity contribution < 1.29 is 71.4 Å². The molecule has 80 heavy (non-hydrogen) atoms. The fraction of sp³-hybridized carbons (Fsp3) is 0.250. The van der Waals surface area contributed by atoms with Gasteiger partial charge in [-0.25, -0.2) is 24.0 Å². The summed E-state index contributed by atoms with van der Waals surface area (Å²) in [5.41, 5.74) is 0.693. The quantitative estimate of drug-likeness (QED) is 0.0367. The second-order valence-electron chi connectivity index (χ2n) is 18.3. The van der Waals surface area contributed by atoms with Gasteiger partial charge in [-0.2, -0.15) is 0 Å². The lowest BCUT2D eigenvalue weighted by molar-refractivity contribution is 0.00524. The van der Waals surface area contributed by atoms with Crippen molar-refractivity contribution in [1.82, 2.24) is 4.90 Å². The molecule has 1 amide bonds. The molecule has 0 fully saturated rings. The topological polar surface area (TPSA) is 189 Å². The standard InChI is InChI=1S/C64H63NO15/c1-7-36-72-48-24-16-44(17-25-48)60(67)76-52-32-34-56(78-62(69)46-20-28-50(29-21-46)74-38-9-3)54(40-52)59(66)65(6)42(5)58(43-14-12-11-13-15-43)80-64(71)55-41-53(77-61(68)45-18-26-49(27-19-45)73-37-8-2)33-35-57(55)79-63(70)47-22-30-51(31-23-47)75-39-10-4/h11-35,40-42,58H,7-10,36-39H2,1-6H3/t42-,58-/m1/s1. The first-order valence-electron chi connectivity index (χ1n) is 26.4. The number of carbonyl (C=O) groups is 6. The summed E-state index contributed by atoms with van der Waals surface area (Å²) < 4.78 is 52.3. The number of hydrogen-bond donors (Lipinski definition) is 0. The molecule has 2 atom stereocenters. The van der Waals surface area contributed by atoms with Crippen molar-refractivity contribution in [3.8, 4) is 46.0 Å². The van der Waals surface area contributed by atoms with Crippen molar-refractivity contribution in [3.63, 3.8) is 0 Å². The summed E-state index contributed by atoms with van der Waals surface area (Å²) in [5, 5.41) is 0. The number of hydrogen-bond acceptors (Lipinski definition) is 15. The second kappa shape index (κ2) is 28.8. The first-order chi connectivity index (χ1) is 38.8. The summed E-state index contributed by atoms with van der Waals surface area (Å²) >= 11 is 0. The van der Waals surface area contributed by atoms with Crippen molar-refractivity contribution >= 4 is 35.8 Å². The van der Waals surface area contributed by atoms with Gasteiger partial charge in [0.25, 0.3) is 5.91 Å². The van der Waals surface area contributed by atoms with Gasteiger partial charge in [-0.3, -0.25) is 4.79 Å². The predicted molar refractivity (Wildman–Crippen MR) is 298 cm³/mol. The number of amides is 1. The molecule has 0 unspecified atom stereocenters. The number of rotatable bonds is 26. The van der Waals surface area contributed by atoms with Gasteiger partial charge in [0.05, 0.1) is 60.3 Å². The van der Waals surface area contributed by atoms with Gasteiger partial charge in [-0.15, -0.1) is 0 Å². The van der Waals surface area contributed by atoms with Crippen LogP contribution in [0.1, 0.15) is 134 Å². The maximum absolute atomic E-state index is 15.0. The molecule has 0 aliphatic heterocycles. The zero-order valence-corrected chi connectivity index (χ0v) is 45.5. The number of likely N-dealkylation sites (N-methyl/N-ethyl adjacent to an activating group) is 1. The van der Waals surface area contributed by atoms with Crippen LogP contribution in [0, 0.1) is 0 Å². The third-order valence-electron chi connectivity index (χ3n) is 12.2. The maximum Gasteiger partial charge on any atom is 0.343 e. The van der Waals surface area contributed by atoms with E-state index >= 15 is 4.79 Å². The smallest absolute Gasteiger partial charge is 0.343 e. The first kappa shape index (κ1) is 58.2. The van der Waals surface area contributed by atoms with E-state index in [1.807, 2.05) is 27.7 Å². The van der Waals surface area contributed by atoms with E-state index in [0.717, 1.165) is 25.7 Å². The number of nitrogens with zero attached hydrogens (tertiary/aromatic N) is 1. The van der Waals surface area contributed by atoms with Gasteiger partial charge < -0.3 is 47.5 Å². The molecule has 0 aromatic heterocycles. The molecule has 16 nitrogen and oxygen atoms in total. The molecule has 0 heterocycles. The number of ether oxygens (including phenoxy) is 9. The molecule has 414 valence electrons. The Balaban J connectivity index is 1.20. The minimum Gasteiger partial charge on any atom is -0.494 e. The van der Waals surface area contributed by atoms with Crippen molar-refractivity contribution in [3.05, 3.63) is 203 Å². The number of carbonyl (C=O) groups excluding carboxylic acids is 6. The van der Waals surface area contributed by atoms with E-state index in [0.29, 0.717) is 55.0 Å². The molecular weight excluding hydrogens is 1020 g/mol. The number of benzene rings is 7. The van der Waals surface area contributed by atoms with Crippen LogP contribution < -0.4 is 37.9 Å². The maximum atomic E-state index is 15.0. The Morgan fingerprint density at radius 3 is 1.07 bits per heavy atom. The van der Waals surface area contributed by atoms with E-state index in [1.54, 1.807) is 110 Å². The van der Waals surface area contributed by atoms with Crippen molar-refractivity contribution in [1.29, 1.82) is 0 Å². The third-order valence-corrected chi connectivity index (χ3v) is 12.2. The van der Waals surface area contributed by atoms with Crippen LogP contribution in [0.2, 0.25) is 0 Å². The zero-order valence-electron chi connectivity index (χ0n) is 45.5. The minimum atomic E-state index is -1.23. The Morgan fingerprint density at radius 1 is 0.388 bits per heavy atom. The van der Waals surface area contributed by atoms with Gasteiger partial charge in [-0.1, -0.05) is 58.0 Å². The van der Waals surface area contributed by atoms with Crippen molar-refractivity contribution in [2.45, 2.75) is 72.4 Å². The summed E-state index contributed by atoms with van der Waals surface area (Å²) in [4.78, 5) is 85.5. The van der Waals surface area contributed by atoms with E-state index in [9.17, 15) is 24.0 Å². The van der Waals surface area contributed by atoms with Crippen LogP contribution in [0.5, 0.6) is 46.0 Å². The highest BCUT2D eigenvalue weighted by Crippen LogP contribution is 2.34. The van der Waals surface area contributed by atoms with Gasteiger partial charge in [-0.05, 0) is 172 Å². The molecule has 7 aromatic rings. The van der Waals surface area contributed by atoms with Crippen LogP contribution in [-0.2, 0) is 4.74 Å². The van der Waals surface area contributed by atoms with Gasteiger partial charge in [0.15, 0.2) is 0 Å². The average molecular weight is 1090 g/mol. The monoisotopic (exact) mass is 1090 g/mol. The molecule has 0 saturated carbocycles. The minimum absolute atomic E-state index is 0.0459. The van der Waals surface area contributed by atoms with Gasteiger partial charge in [0.2, 0.25) is 0 Å². The van der Waals surface area contributed by atoms with Crippen LogP contribution in [0.25, 0.3) is 0 Å². The Morgan fingerprint density at radius 2 is 0.713 bits per heavy atom. The summed E-state index contributed by atoms with van der Waals surface area (Å²) in [5.74, 6) is -3.10. The van der Waals surface area contributed by atoms with E-state index in [-0.39, 0.29) is 56.4 Å². The second-order valence-corrected chi connectivity index (χ2v) is 18.3. The van der Waals surface area contributed by atoms with Crippen molar-refractivity contribution in [2.24, 2.45) is 0 Å². The molecule has 0 aliphatic carbocycles. The molecule has 0 bridgehead atoms. The van der Waals surface area contributed by atoms with Crippen LogP contribution in [0.4, 0.5) is 0 Å². The molecule has 16 heteroatoms. The molecule has 7 rings (SSSR count). The summed E-state index contributed by atoms with van der Waals surface area (Å²) in [6.07, 6.45) is 1.94. The molecule has 0 aliphatic rings. The summed E-state index contributed by atoms with van der Waals surface area (Å²) in [7, 11) is 1.46. The SMILES string of the molecule is CCCOc1ccc(C(=O)Oc2ccc(OC(=O)c3ccc(OCCC)cc3)c(C(=O)O[C@@H](c3ccccc3)[C@@H](C)N(C)C(=O)c3cc(OC(=O)c4ccc(OCCC)cc4)ccc3OC(=O)c3ccc(OCCC)cc3)c2)cc1. The fourth-order valence-corrected chi connectivity index (χ4v) is 7.77. The van der Waals surface area contributed by atoms with E-state index in [2.05, 4.69) is 0 Å². The largest absolute Gasteiger partial charge is 0.494 e. The Kier molecular flexibility index (Phi) is 21.0. The van der Waals surface area contributed by atoms with E-state index in [1.165, 1.54) is 72.6 Å². The lowest BCUT2D eigenvalue weighted by Gasteiger charge is -2.32. The Bertz CT molecular complexity index is 3210. The lowest BCUT2D eigenvalue weighted by atomic mass is 10.0. The van der Waals surface area contributed by atoms with Crippen LogP contribution in [0.15, 0.2) is 164 Å². The van der Waals surface area contributed by atoms with Gasteiger partial charge >= 0.3 is 29.8 Å². The molecule has 7 aromatic carbocycles. The van der Waals surface area contributed by atoms with Gasteiger partial charge in [0.1, 0.15) is 57.7 Å². The average Bonchev–Trinajstić information content (AvgIpc) is 3.51. The Hall–Kier alpha value is -9.44. The predicted octanol–water partition coefficient (Wildman–Crippen LogP) is 12.8. The highest BCUT2D eigenvalue weighted by molar-refractivity contribution is 6.01.